The van der Waals surface area contributed by atoms with Gasteiger partial charge in [-0.25, -0.2) is 0 Å². The first-order valence-corrected chi connectivity index (χ1v) is 8.05. The van der Waals surface area contributed by atoms with Crippen molar-refractivity contribution in [1.29, 1.82) is 0 Å². The Morgan fingerprint density at radius 3 is 2.78 bits per heavy atom. The summed E-state index contributed by atoms with van der Waals surface area (Å²) in [5.41, 5.74) is 3.44. The SMILES string of the molecule is COC(=O)C1Cc2c([nH]c3cc(OC)ccc23)C(CC(C)C)N1. The molecule has 5 heteroatoms. The molecule has 0 saturated carbocycles. The van der Waals surface area contributed by atoms with Crippen LogP contribution in [0.25, 0.3) is 10.9 Å². The molecular weight excluding hydrogens is 292 g/mol. The highest BCUT2D eigenvalue weighted by molar-refractivity contribution is 5.88. The molecule has 0 fully saturated rings. The molecule has 0 amide bonds. The van der Waals surface area contributed by atoms with E-state index in [1.165, 1.54) is 18.4 Å². The predicted octanol–water partition coefficient (Wildman–Crippen LogP) is 2.95. The first kappa shape index (κ1) is 15.9. The van der Waals surface area contributed by atoms with Gasteiger partial charge in [0.2, 0.25) is 0 Å². The zero-order chi connectivity index (χ0) is 16.6. The molecule has 1 aliphatic rings. The number of hydrogen-bond donors (Lipinski definition) is 2. The van der Waals surface area contributed by atoms with Gasteiger partial charge in [0, 0.05) is 35.1 Å². The third-order valence-electron chi connectivity index (χ3n) is 4.50. The molecule has 1 aromatic carbocycles. The summed E-state index contributed by atoms with van der Waals surface area (Å²) in [6.45, 7) is 4.38. The van der Waals surface area contributed by atoms with Crippen LogP contribution in [-0.2, 0) is 16.0 Å². The molecule has 23 heavy (non-hydrogen) atoms. The van der Waals surface area contributed by atoms with Gasteiger partial charge in [-0.2, -0.15) is 0 Å². The minimum atomic E-state index is -0.294. The van der Waals surface area contributed by atoms with Crippen molar-refractivity contribution in [3.8, 4) is 5.75 Å². The fourth-order valence-electron chi connectivity index (χ4n) is 3.44. The third kappa shape index (κ3) is 2.93. The van der Waals surface area contributed by atoms with Crippen molar-refractivity contribution in [2.24, 2.45) is 5.92 Å². The zero-order valence-electron chi connectivity index (χ0n) is 14.1. The summed E-state index contributed by atoms with van der Waals surface area (Å²) in [6, 6.07) is 5.87. The maximum atomic E-state index is 12.1. The molecule has 2 atom stereocenters. The van der Waals surface area contributed by atoms with Crippen LogP contribution in [0, 0.1) is 5.92 Å². The van der Waals surface area contributed by atoms with E-state index in [0.717, 1.165) is 23.1 Å². The largest absolute Gasteiger partial charge is 0.497 e. The van der Waals surface area contributed by atoms with Crippen molar-refractivity contribution in [3.05, 3.63) is 29.5 Å². The number of rotatable bonds is 4. The summed E-state index contributed by atoms with van der Waals surface area (Å²) >= 11 is 0. The Morgan fingerprint density at radius 1 is 1.35 bits per heavy atom. The van der Waals surface area contributed by atoms with Crippen LogP contribution in [0.4, 0.5) is 0 Å². The molecule has 2 unspecified atom stereocenters. The lowest BCUT2D eigenvalue weighted by molar-refractivity contribution is -0.143. The zero-order valence-corrected chi connectivity index (χ0v) is 14.1. The van der Waals surface area contributed by atoms with Crippen molar-refractivity contribution in [1.82, 2.24) is 10.3 Å². The van der Waals surface area contributed by atoms with Crippen LogP contribution >= 0.6 is 0 Å². The minimum Gasteiger partial charge on any atom is -0.497 e. The quantitative estimate of drug-likeness (QED) is 0.851. The Kier molecular flexibility index (Phi) is 4.31. The maximum Gasteiger partial charge on any atom is 0.323 e. The topological polar surface area (TPSA) is 63.4 Å². The smallest absolute Gasteiger partial charge is 0.323 e. The summed E-state index contributed by atoms with van der Waals surface area (Å²) in [7, 11) is 3.11. The van der Waals surface area contributed by atoms with Gasteiger partial charge < -0.3 is 14.5 Å². The molecule has 0 saturated heterocycles. The predicted molar refractivity (Wildman–Crippen MR) is 89.7 cm³/mol. The van der Waals surface area contributed by atoms with E-state index in [1.807, 2.05) is 12.1 Å². The second-order valence-corrected chi connectivity index (χ2v) is 6.56. The van der Waals surface area contributed by atoms with Crippen LogP contribution in [0.15, 0.2) is 18.2 Å². The number of aromatic nitrogens is 1. The number of methoxy groups -OCH3 is 2. The van der Waals surface area contributed by atoms with Gasteiger partial charge in [-0.1, -0.05) is 13.8 Å². The van der Waals surface area contributed by atoms with E-state index in [4.69, 9.17) is 9.47 Å². The van der Waals surface area contributed by atoms with E-state index in [-0.39, 0.29) is 18.1 Å². The molecule has 0 radical (unpaired) electrons. The molecule has 5 nitrogen and oxygen atoms in total. The Bertz CT molecular complexity index is 720. The highest BCUT2D eigenvalue weighted by Gasteiger charge is 2.33. The van der Waals surface area contributed by atoms with Gasteiger partial charge in [-0.15, -0.1) is 0 Å². The molecule has 0 aliphatic carbocycles. The molecule has 124 valence electrons. The Labute approximate surface area is 136 Å². The fourth-order valence-corrected chi connectivity index (χ4v) is 3.44. The number of carbonyl (C=O) groups excluding carboxylic acids is 1. The number of fused-ring (bicyclic) bond motifs is 3. The van der Waals surface area contributed by atoms with Crippen molar-refractivity contribution in [2.45, 2.75) is 38.8 Å². The third-order valence-corrected chi connectivity index (χ3v) is 4.50. The Balaban J connectivity index is 2.07. The number of carbonyl (C=O) groups is 1. The van der Waals surface area contributed by atoms with Gasteiger partial charge in [0.1, 0.15) is 11.8 Å². The van der Waals surface area contributed by atoms with E-state index in [0.29, 0.717) is 12.3 Å². The van der Waals surface area contributed by atoms with Gasteiger partial charge in [0.05, 0.1) is 14.2 Å². The standard InChI is InChI=1S/C18H24N2O3/c1-10(2)7-15-17-13(9-16(19-15)18(21)23-4)12-6-5-11(22-3)8-14(12)20-17/h5-6,8,10,15-16,19-20H,7,9H2,1-4H3. The number of hydrogen-bond acceptors (Lipinski definition) is 4. The maximum absolute atomic E-state index is 12.1. The number of ether oxygens (including phenoxy) is 2. The van der Waals surface area contributed by atoms with Crippen molar-refractivity contribution in [3.63, 3.8) is 0 Å². The lowest BCUT2D eigenvalue weighted by atomic mass is 9.90. The van der Waals surface area contributed by atoms with E-state index in [9.17, 15) is 4.79 Å². The van der Waals surface area contributed by atoms with Gasteiger partial charge in [-0.3, -0.25) is 10.1 Å². The van der Waals surface area contributed by atoms with Gasteiger partial charge in [0.25, 0.3) is 0 Å². The van der Waals surface area contributed by atoms with Crippen molar-refractivity contribution < 1.29 is 14.3 Å². The number of nitrogens with one attached hydrogen (secondary N) is 2. The highest BCUT2D eigenvalue weighted by Crippen LogP contribution is 2.36. The molecule has 1 aromatic heterocycles. The number of esters is 1. The van der Waals surface area contributed by atoms with Gasteiger partial charge in [0.15, 0.2) is 0 Å². The summed E-state index contributed by atoms with van der Waals surface area (Å²) in [4.78, 5) is 15.6. The molecule has 2 aromatic rings. The van der Waals surface area contributed by atoms with Gasteiger partial charge >= 0.3 is 5.97 Å². The van der Waals surface area contributed by atoms with Gasteiger partial charge in [-0.05, 0) is 30.0 Å². The van der Waals surface area contributed by atoms with E-state index >= 15 is 0 Å². The van der Waals surface area contributed by atoms with Crippen molar-refractivity contribution >= 4 is 16.9 Å². The molecular formula is C18H24N2O3. The van der Waals surface area contributed by atoms with E-state index in [2.05, 4.69) is 30.2 Å². The second kappa shape index (κ2) is 6.24. The van der Waals surface area contributed by atoms with Crippen molar-refractivity contribution in [2.75, 3.05) is 14.2 Å². The molecule has 2 heterocycles. The van der Waals surface area contributed by atoms with Crippen LogP contribution in [0.3, 0.4) is 0 Å². The number of aromatic amines is 1. The normalized spacial score (nSPS) is 20.6. The van der Waals surface area contributed by atoms with Crippen LogP contribution in [0.1, 0.15) is 37.6 Å². The minimum absolute atomic E-state index is 0.126. The van der Waals surface area contributed by atoms with Crippen LogP contribution in [-0.4, -0.2) is 31.2 Å². The molecule has 0 bridgehead atoms. The Hall–Kier alpha value is -2.01. The molecule has 0 spiro atoms. The summed E-state index contributed by atoms with van der Waals surface area (Å²) in [6.07, 6.45) is 1.60. The summed E-state index contributed by atoms with van der Waals surface area (Å²) in [5, 5.41) is 4.60. The Morgan fingerprint density at radius 2 is 2.13 bits per heavy atom. The fraction of sp³-hybridized carbons (Fsp3) is 0.500. The lowest BCUT2D eigenvalue weighted by Gasteiger charge is -2.31. The first-order chi connectivity index (χ1) is 11.0. The number of H-pyrrole nitrogens is 1. The molecule has 1 aliphatic heterocycles. The van der Waals surface area contributed by atoms with Crippen LogP contribution in [0.5, 0.6) is 5.75 Å². The van der Waals surface area contributed by atoms with E-state index in [1.54, 1.807) is 7.11 Å². The van der Waals surface area contributed by atoms with Crippen LogP contribution in [0.2, 0.25) is 0 Å². The average Bonchev–Trinajstić information content (AvgIpc) is 2.91. The molecule has 3 rings (SSSR count). The number of benzene rings is 1. The molecule has 2 N–H and O–H groups in total. The average molecular weight is 316 g/mol. The summed E-state index contributed by atoms with van der Waals surface area (Å²) in [5.74, 6) is 1.15. The monoisotopic (exact) mass is 316 g/mol. The summed E-state index contributed by atoms with van der Waals surface area (Å²) < 4.78 is 10.3. The van der Waals surface area contributed by atoms with Crippen LogP contribution < -0.4 is 10.1 Å². The second-order valence-electron chi connectivity index (χ2n) is 6.56. The van der Waals surface area contributed by atoms with E-state index < -0.39 is 0 Å². The first-order valence-electron chi connectivity index (χ1n) is 8.05. The highest BCUT2D eigenvalue weighted by atomic mass is 16.5. The lowest BCUT2D eigenvalue weighted by Crippen LogP contribution is -2.45.